The van der Waals surface area contributed by atoms with E-state index >= 15 is 0 Å². The molecular formula is C10H17NO. The van der Waals surface area contributed by atoms with Crippen molar-refractivity contribution in [2.75, 3.05) is 0 Å². The first-order valence-corrected chi connectivity index (χ1v) is 4.57. The Morgan fingerprint density at radius 1 is 1.42 bits per heavy atom. The molecule has 0 aliphatic heterocycles. The van der Waals surface area contributed by atoms with Gasteiger partial charge in [-0.15, -0.1) is 0 Å². The Balaban J connectivity index is 2.63. The smallest absolute Gasteiger partial charge is 0.0950 e. The summed E-state index contributed by atoms with van der Waals surface area (Å²) < 4.78 is 4.99. The van der Waals surface area contributed by atoms with Gasteiger partial charge >= 0.3 is 0 Å². The van der Waals surface area contributed by atoms with Crippen molar-refractivity contribution >= 4 is 0 Å². The summed E-state index contributed by atoms with van der Waals surface area (Å²) in [6.07, 6.45) is 5.67. The summed E-state index contributed by atoms with van der Waals surface area (Å²) in [6.45, 7) is 4.35. The van der Waals surface area contributed by atoms with E-state index in [0.29, 0.717) is 5.92 Å². The highest BCUT2D eigenvalue weighted by atomic mass is 16.3. The van der Waals surface area contributed by atoms with E-state index in [1.807, 2.05) is 6.07 Å². The summed E-state index contributed by atoms with van der Waals surface area (Å²) in [5, 5.41) is 0. The normalized spacial score (nSPS) is 13.7. The average molecular weight is 167 g/mol. The van der Waals surface area contributed by atoms with Gasteiger partial charge in [0, 0.05) is 11.6 Å². The van der Waals surface area contributed by atoms with Crippen LogP contribution in [0.4, 0.5) is 0 Å². The van der Waals surface area contributed by atoms with E-state index in [9.17, 15) is 0 Å². The minimum atomic E-state index is 0.138. The maximum absolute atomic E-state index is 6.04. The second kappa shape index (κ2) is 4.31. The lowest BCUT2D eigenvalue weighted by Gasteiger charge is -2.19. The summed E-state index contributed by atoms with van der Waals surface area (Å²) in [5.41, 5.74) is 7.16. The molecule has 1 heterocycles. The van der Waals surface area contributed by atoms with E-state index in [1.165, 1.54) is 0 Å². The molecule has 2 nitrogen and oxygen atoms in total. The lowest BCUT2D eigenvalue weighted by Crippen LogP contribution is -2.19. The Hall–Kier alpha value is -0.760. The highest BCUT2D eigenvalue weighted by molar-refractivity contribution is 5.11. The molecule has 0 fully saturated rings. The highest BCUT2D eigenvalue weighted by Gasteiger charge is 2.16. The Morgan fingerprint density at radius 3 is 2.50 bits per heavy atom. The molecule has 1 aromatic heterocycles. The zero-order valence-electron chi connectivity index (χ0n) is 7.79. The predicted octanol–water partition coefficient (Wildman–Crippen LogP) is 2.72. The molecule has 0 saturated carbocycles. The SMILES string of the molecule is CCC(CC)C(N)c1ccoc1. The van der Waals surface area contributed by atoms with Crippen LogP contribution in [0.1, 0.15) is 38.3 Å². The number of nitrogens with two attached hydrogens (primary N) is 1. The van der Waals surface area contributed by atoms with E-state index in [4.69, 9.17) is 10.2 Å². The van der Waals surface area contributed by atoms with Crippen molar-refractivity contribution in [3.63, 3.8) is 0 Å². The first kappa shape index (κ1) is 9.33. The van der Waals surface area contributed by atoms with E-state index in [-0.39, 0.29) is 6.04 Å². The lowest BCUT2D eigenvalue weighted by molar-refractivity contribution is 0.402. The number of hydrogen-bond acceptors (Lipinski definition) is 2. The van der Waals surface area contributed by atoms with Crippen LogP contribution in [-0.2, 0) is 0 Å². The molecule has 0 aromatic carbocycles. The summed E-state index contributed by atoms with van der Waals surface area (Å²) in [4.78, 5) is 0. The molecular weight excluding hydrogens is 150 g/mol. The van der Waals surface area contributed by atoms with Crippen LogP contribution >= 0.6 is 0 Å². The fraction of sp³-hybridized carbons (Fsp3) is 0.600. The van der Waals surface area contributed by atoms with Crippen LogP contribution in [0.15, 0.2) is 23.0 Å². The van der Waals surface area contributed by atoms with Crippen molar-refractivity contribution in [1.82, 2.24) is 0 Å². The van der Waals surface area contributed by atoms with Crippen molar-refractivity contribution in [3.05, 3.63) is 24.2 Å². The minimum Gasteiger partial charge on any atom is -0.472 e. The third-order valence-electron chi connectivity index (χ3n) is 2.48. The molecule has 0 spiro atoms. The molecule has 1 unspecified atom stereocenters. The van der Waals surface area contributed by atoms with E-state index in [2.05, 4.69) is 13.8 Å². The van der Waals surface area contributed by atoms with Gasteiger partial charge in [-0.25, -0.2) is 0 Å². The summed E-state index contributed by atoms with van der Waals surface area (Å²) >= 11 is 0. The zero-order valence-corrected chi connectivity index (χ0v) is 7.79. The molecule has 68 valence electrons. The van der Waals surface area contributed by atoms with Gasteiger partial charge in [-0.1, -0.05) is 26.7 Å². The Bertz CT molecular complexity index is 202. The molecule has 1 aromatic rings. The molecule has 0 saturated heterocycles. The van der Waals surface area contributed by atoms with Crippen molar-refractivity contribution in [3.8, 4) is 0 Å². The van der Waals surface area contributed by atoms with Crippen LogP contribution in [0.5, 0.6) is 0 Å². The minimum absolute atomic E-state index is 0.138. The van der Waals surface area contributed by atoms with E-state index in [0.717, 1.165) is 18.4 Å². The third kappa shape index (κ3) is 1.89. The third-order valence-corrected chi connectivity index (χ3v) is 2.48. The van der Waals surface area contributed by atoms with Crippen molar-refractivity contribution < 1.29 is 4.42 Å². The van der Waals surface area contributed by atoms with Gasteiger partial charge in [0.25, 0.3) is 0 Å². The number of furan rings is 1. The van der Waals surface area contributed by atoms with Gasteiger partial charge in [-0.05, 0) is 12.0 Å². The first-order chi connectivity index (χ1) is 5.79. The molecule has 12 heavy (non-hydrogen) atoms. The van der Waals surface area contributed by atoms with Crippen molar-refractivity contribution in [2.24, 2.45) is 11.7 Å². The largest absolute Gasteiger partial charge is 0.472 e. The first-order valence-electron chi connectivity index (χ1n) is 4.57. The average Bonchev–Trinajstić information content (AvgIpc) is 2.58. The fourth-order valence-corrected chi connectivity index (χ4v) is 1.53. The Labute approximate surface area is 73.8 Å². The van der Waals surface area contributed by atoms with Crippen molar-refractivity contribution in [2.45, 2.75) is 32.7 Å². The van der Waals surface area contributed by atoms with E-state index < -0.39 is 0 Å². The van der Waals surface area contributed by atoms with Crippen LogP contribution in [0.3, 0.4) is 0 Å². The van der Waals surface area contributed by atoms with Crippen LogP contribution < -0.4 is 5.73 Å². The van der Waals surface area contributed by atoms with Gasteiger partial charge in [0.05, 0.1) is 12.5 Å². The molecule has 1 rings (SSSR count). The lowest BCUT2D eigenvalue weighted by atomic mass is 9.91. The second-order valence-corrected chi connectivity index (χ2v) is 3.16. The monoisotopic (exact) mass is 167 g/mol. The quantitative estimate of drug-likeness (QED) is 0.748. The van der Waals surface area contributed by atoms with Gasteiger partial charge in [0.2, 0.25) is 0 Å². The van der Waals surface area contributed by atoms with Crippen LogP contribution in [-0.4, -0.2) is 0 Å². The number of hydrogen-bond donors (Lipinski definition) is 1. The van der Waals surface area contributed by atoms with Crippen LogP contribution in [0.2, 0.25) is 0 Å². The second-order valence-electron chi connectivity index (χ2n) is 3.16. The standard InChI is InChI=1S/C10H17NO/c1-3-8(4-2)10(11)9-5-6-12-7-9/h5-8,10H,3-4,11H2,1-2H3. The van der Waals surface area contributed by atoms with E-state index in [1.54, 1.807) is 12.5 Å². The summed E-state index contributed by atoms with van der Waals surface area (Å²) in [6, 6.07) is 2.09. The van der Waals surface area contributed by atoms with Crippen LogP contribution in [0.25, 0.3) is 0 Å². The van der Waals surface area contributed by atoms with Gasteiger partial charge in [0.1, 0.15) is 0 Å². The Morgan fingerprint density at radius 2 is 2.08 bits per heavy atom. The van der Waals surface area contributed by atoms with Gasteiger partial charge in [0.15, 0.2) is 0 Å². The number of rotatable bonds is 4. The predicted molar refractivity (Wildman–Crippen MR) is 49.7 cm³/mol. The molecule has 2 heteroatoms. The van der Waals surface area contributed by atoms with Gasteiger partial charge in [-0.3, -0.25) is 0 Å². The molecule has 1 atom stereocenters. The van der Waals surface area contributed by atoms with Crippen LogP contribution in [0, 0.1) is 5.92 Å². The molecule has 0 aliphatic carbocycles. The van der Waals surface area contributed by atoms with Gasteiger partial charge < -0.3 is 10.2 Å². The molecule has 0 bridgehead atoms. The topological polar surface area (TPSA) is 39.2 Å². The summed E-state index contributed by atoms with van der Waals surface area (Å²) in [7, 11) is 0. The molecule has 0 radical (unpaired) electrons. The van der Waals surface area contributed by atoms with Crippen molar-refractivity contribution in [1.29, 1.82) is 0 Å². The summed E-state index contributed by atoms with van der Waals surface area (Å²) in [5.74, 6) is 0.572. The highest BCUT2D eigenvalue weighted by Crippen LogP contribution is 2.24. The molecule has 0 aliphatic rings. The zero-order chi connectivity index (χ0) is 8.97. The maximum atomic E-state index is 6.04. The fourth-order valence-electron chi connectivity index (χ4n) is 1.53. The maximum Gasteiger partial charge on any atom is 0.0950 e. The molecule has 2 N–H and O–H groups in total. The molecule has 0 amide bonds. The van der Waals surface area contributed by atoms with Gasteiger partial charge in [-0.2, -0.15) is 0 Å². The Kier molecular flexibility index (Phi) is 3.35.